The topological polar surface area (TPSA) is 41.6 Å². The van der Waals surface area contributed by atoms with Gasteiger partial charge in [0.1, 0.15) is 0 Å². The summed E-state index contributed by atoms with van der Waals surface area (Å²) in [6.07, 6.45) is 2.23. The summed E-state index contributed by atoms with van der Waals surface area (Å²) >= 11 is 5.99. The number of nitrogens with one attached hydrogen (secondary N) is 1. The summed E-state index contributed by atoms with van der Waals surface area (Å²) in [6.45, 7) is 5.98. The molecule has 116 valence electrons. The molecule has 4 nitrogen and oxygen atoms in total. The molecule has 2 rings (SSSR count). The Labute approximate surface area is 131 Å². The molecular formula is C16H23ClN2O2. The van der Waals surface area contributed by atoms with Crippen molar-refractivity contribution >= 4 is 17.6 Å². The summed E-state index contributed by atoms with van der Waals surface area (Å²) in [7, 11) is 0. The lowest BCUT2D eigenvalue weighted by Gasteiger charge is -2.26. The summed E-state index contributed by atoms with van der Waals surface area (Å²) in [6, 6.07) is 7.58. The van der Waals surface area contributed by atoms with Gasteiger partial charge in [-0.1, -0.05) is 23.7 Å². The average molecular weight is 311 g/mol. The van der Waals surface area contributed by atoms with Gasteiger partial charge in [0.2, 0.25) is 0 Å². The van der Waals surface area contributed by atoms with Crippen molar-refractivity contribution in [1.82, 2.24) is 10.2 Å². The van der Waals surface area contributed by atoms with Crippen molar-refractivity contribution < 1.29 is 9.53 Å². The van der Waals surface area contributed by atoms with Crippen LogP contribution in [0.3, 0.4) is 0 Å². The molecule has 0 aliphatic carbocycles. The minimum absolute atomic E-state index is 0.0356. The largest absolute Gasteiger partial charge is 0.376 e. The van der Waals surface area contributed by atoms with Crippen LogP contribution in [0.15, 0.2) is 24.3 Å². The van der Waals surface area contributed by atoms with E-state index in [0.717, 1.165) is 25.0 Å². The highest BCUT2D eigenvalue weighted by Crippen LogP contribution is 2.16. The molecule has 2 unspecified atom stereocenters. The van der Waals surface area contributed by atoms with Gasteiger partial charge in [-0.15, -0.1) is 0 Å². The van der Waals surface area contributed by atoms with E-state index in [-0.39, 0.29) is 18.2 Å². The number of halogens is 1. The van der Waals surface area contributed by atoms with Crippen LogP contribution in [0, 0.1) is 0 Å². The second-order valence-corrected chi connectivity index (χ2v) is 5.87. The highest BCUT2D eigenvalue weighted by Gasteiger charge is 2.25. The van der Waals surface area contributed by atoms with Crippen LogP contribution in [0.25, 0.3) is 0 Å². The third-order valence-electron chi connectivity index (χ3n) is 3.81. The summed E-state index contributed by atoms with van der Waals surface area (Å²) in [5.41, 5.74) is 1.03. The second-order valence-electron chi connectivity index (χ2n) is 5.43. The van der Waals surface area contributed by atoms with E-state index in [1.807, 2.05) is 38.1 Å². The Kier molecular flexibility index (Phi) is 5.88. The summed E-state index contributed by atoms with van der Waals surface area (Å²) in [5, 5.41) is 3.73. The van der Waals surface area contributed by atoms with Crippen LogP contribution in [-0.4, -0.2) is 36.2 Å². The standard InChI is InChI=1S/C16H23ClN2O2/c1-3-19(11-13-6-4-7-14(17)10-13)16(20)18-12(2)15-8-5-9-21-15/h4,6-7,10,12,15H,3,5,8-9,11H2,1-2H3,(H,18,20). The number of benzene rings is 1. The van der Waals surface area contributed by atoms with Crippen LogP contribution in [-0.2, 0) is 11.3 Å². The smallest absolute Gasteiger partial charge is 0.317 e. The van der Waals surface area contributed by atoms with Crippen molar-refractivity contribution in [2.75, 3.05) is 13.2 Å². The molecule has 1 saturated heterocycles. The maximum atomic E-state index is 12.4. The Morgan fingerprint density at radius 3 is 3.00 bits per heavy atom. The van der Waals surface area contributed by atoms with Gasteiger partial charge in [0, 0.05) is 24.7 Å². The Morgan fingerprint density at radius 1 is 1.57 bits per heavy atom. The predicted octanol–water partition coefficient (Wildman–Crippen LogP) is 3.44. The summed E-state index contributed by atoms with van der Waals surface area (Å²) < 4.78 is 5.61. The van der Waals surface area contributed by atoms with Gasteiger partial charge in [-0.25, -0.2) is 4.79 Å². The van der Waals surface area contributed by atoms with Crippen LogP contribution in [0.5, 0.6) is 0 Å². The molecule has 0 radical (unpaired) electrons. The second kappa shape index (κ2) is 7.66. The highest BCUT2D eigenvalue weighted by molar-refractivity contribution is 6.30. The SMILES string of the molecule is CCN(Cc1cccc(Cl)c1)C(=O)NC(C)C1CCCO1. The molecule has 0 saturated carbocycles. The quantitative estimate of drug-likeness (QED) is 0.905. The molecule has 21 heavy (non-hydrogen) atoms. The minimum Gasteiger partial charge on any atom is -0.376 e. The molecule has 2 atom stereocenters. The van der Waals surface area contributed by atoms with Gasteiger partial charge in [0.05, 0.1) is 12.1 Å². The van der Waals surface area contributed by atoms with Gasteiger partial charge in [-0.2, -0.15) is 0 Å². The first-order valence-electron chi connectivity index (χ1n) is 7.51. The van der Waals surface area contributed by atoms with Gasteiger partial charge in [0.25, 0.3) is 0 Å². The lowest BCUT2D eigenvalue weighted by Crippen LogP contribution is -2.47. The number of nitrogens with zero attached hydrogens (tertiary/aromatic N) is 1. The van der Waals surface area contributed by atoms with Crippen molar-refractivity contribution in [2.24, 2.45) is 0 Å². The molecule has 1 heterocycles. The van der Waals surface area contributed by atoms with Crippen molar-refractivity contribution in [3.05, 3.63) is 34.9 Å². The Balaban J connectivity index is 1.91. The van der Waals surface area contributed by atoms with Gasteiger partial charge in [-0.05, 0) is 44.4 Å². The third-order valence-corrected chi connectivity index (χ3v) is 4.04. The number of rotatable bonds is 5. The first-order chi connectivity index (χ1) is 10.1. The minimum atomic E-state index is -0.0551. The van der Waals surface area contributed by atoms with E-state index in [1.165, 1.54) is 0 Å². The Bertz CT molecular complexity index is 475. The first-order valence-corrected chi connectivity index (χ1v) is 7.89. The lowest BCUT2D eigenvalue weighted by atomic mass is 10.1. The van der Waals surface area contributed by atoms with Gasteiger partial charge in [-0.3, -0.25) is 0 Å². The molecule has 1 fully saturated rings. The van der Waals surface area contributed by atoms with Crippen LogP contribution in [0.2, 0.25) is 5.02 Å². The Morgan fingerprint density at radius 2 is 2.38 bits per heavy atom. The third kappa shape index (κ3) is 4.61. The lowest BCUT2D eigenvalue weighted by molar-refractivity contribution is 0.0832. The molecule has 1 N–H and O–H groups in total. The molecule has 1 aliphatic heterocycles. The molecule has 5 heteroatoms. The van der Waals surface area contributed by atoms with Crippen molar-refractivity contribution in [3.8, 4) is 0 Å². The van der Waals surface area contributed by atoms with Crippen molar-refractivity contribution in [3.63, 3.8) is 0 Å². The summed E-state index contributed by atoms with van der Waals surface area (Å²) in [5.74, 6) is 0. The van der Waals surface area contributed by atoms with E-state index in [1.54, 1.807) is 4.90 Å². The number of hydrogen-bond acceptors (Lipinski definition) is 2. The van der Waals surface area contributed by atoms with E-state index in [2.05, 4.69) is 5.32 Å². The fraction of sp³-hybridized carbons (Fsp3) is 0.562. The number of urea groups is 1. The molecule has 0 spiro atoms. The van der Waals surface area contributed by atoms with Crippen LogP contribution in [0.4, 0.5) is 4.79 Å². The molecule has 1 aromatic carbocycles. The number of carbonyl (C=O) groups is 1. The van der Waals surface area contributed by atoms with Crippen LogP contribution in [0.1, 0.15) is 32.3 Å². The monoisotopic (exact) mass is 310 g/mol. The van der Waals surface area contributed by atoms with Crippen molar-refractivity contribution in [2.45, 2.75) is 45.4 Å². The fourth-order valence-corrected chi connectivity index (χ4v) is 2.77. The maximum Gasteiger partial charge on any atom is 0.317 e. The van der Waals surface area contributed by atoms with E-state index in [9.17, 15) is 4.79 Å². The molecular weight excluding hydrogens is 288 g/mol. The molecule has 0 aromatic heterocycles. The molecule has 0 bridgehead atoms. The average Bonchev–Trinajstić information content (AvgIpc) is 2.99. The number of ether oxygens (including phenoxy) is 1. The van der Waals surface area contributed by atoms with Crippen LogP contribution < -0.4 is 5.32 Å². The fourth-order valence-electron chi connectivity index (χ4n) is 2.56. The van der Waals surface area contributed by atoms with Gasteiger partial charge < -0.3 is 15.0 Å². The van der Waals surface area contributed by atoms with Gasteiger partial charge >= 0.3 is 6.03 Å². The molecule has 2 amide bonds. The number of carbonyl (C=O) groups excluding carboxylic acids is 1. The van der Waals surface area contributed by atoms with E-state index in [0.29, 0.717) is 18.1 Å². The normalized spacial score (nSPS) is 19.3. The molecule has 1 aliphatic rings. The number of hydrogen-bond donors (Lipinski definition) is 1. The van der Waals surface area contributed by atoms with E-state index < -0.39 is 0 Å². The predicted molar refractivity (Wildman–Crippen MR) is 84.5 cm³/mol. The summed E-state index contributed by atoms with van der Waals surface area (Å²) in [4.78, 5) is 14.1. The molecule has 1 aromatic rings. The van der Waals surface area contributed by atoms with Crippen LogP contribution >= 0.6 is 11.6 Å². The number of amides is 2. The van der Waals surface area contributed by atoms with E-state index >= 15 is 0 Å². The zero-order valence-corrected chi connectivity index (χ0v) is 13.4. The van der Waals surface area contributed by atoms with E-state index in [4.69, 9.17) is 16.3 Å². The van der Waals surface area contributed by atoms with Crippen molar-refractivity contribution in [1.29, 1.82) is 0 Å². The first kappa shape index (κ1) is 16.1. The zero-order chi connectivity index (χ0) is 15.2. The van der Waals surface area contributed by atoms with Gasteiger partial charge in [0.15, 0.2) is 0 Å². The Hall–Kier alpha value is -1.26. The zero-order valence-electron chi connectivity index (χ0n) is 12.6. The maximum absolute atomic E-state index is 12.4. The highest BCUT2D eigenvalue weighted by atomic mass is 35.5.